The summed E-state index contributed by atoms with van der Waals surface area (Å²) in [6, 6.07) is 0.0318. The zero-order valence-electron chi connectivity index (χ0n) is 9.98. The molecule has 4 heteroatoms. The molecule has 16 heavy (non-hydrogen) atoms. The lowest BCUT2D eigenvalue weighted by Crippen LogP contribution is -2.51. The van der Waals surface area contributed by atoms with E-state index in [1.54, 1.807) is 0 Å². The molecule has 2 heterocycles. The van der Waals surface area contributed by atoms with Crippen molar-refractivity contribution in [3.8, 4) is 0 Å². The summed E-state index contributed by atoms with van der Waals surface area (Å²) in [6.45, 7) is 3.97. The first-order valence-electron chi connectivity index (χ1n) is 6.38. The maximum atomic E-state index is 12.3. The van der Waals surface area contributed by atoms with Crippen molar-refractivity contribution in [3.05, 3.63) is 0 Å². The number of nitrogens with one attached hydrogen (secondary N) is 1. The van der Waals surface area contributed by atoms with Crippen LogP contribution < -0.4 is 5.32 Å². The standard InChI is InChI=1S/C12H22N2O2/c1-9-5-7-14(11(9)8-15)12(16)10-4-2-3-6-13-10/h9-11,13,15H,2-8H2,1H3/t9?,10-,11?/m1/s1. The third-order valence-corrected chi connectivity index (χ3v) is 3.96. The minimum Gasteiger partial charge on any atom is -0.394 e. The van der Waals surface area contributed by atoms with Gasteiger partial charge in [0, 0.05) is 6.54 Å². The highest BCUT2D eigenvalue weighted by Gasteiger charge is 2.36. The van der Waals surface area contributed by atoms with Gasteiger partial charge in [-0.3, -0.25) is 4.79 Å². The van der Waals surface area contributed by atoms with E-state index in [-0.39, 0.29) is 24.6 Å². The van der Waals surface area contributed by atoms with E-state index in [1.165, 1.54) is 6.42 Å². The number of carbonyl (C=O) groups excluding carboxylic acids is 1. The molecule has 0 bridgehead atoms. The molecule has 2 N–H and O–H groups in total. The Balaban J connectivity index is 1.97. The summed E-state index contributed by atoms with van der Waals surface area (Å²) >= 11 is 0. The van der Waals surface area contributed by atoms with Gasteiger partial charge in [0.2, 0.25) is 5.91 Å². The molecule has 0 spiro atoms. The molecule has 2 fully saturated rings. The zero-order chi connectivity index (χ0) is 11.5. The number of piperidine rings is 1. The van der Waals surface area contributed by atoms with Gasteiger partial charge in [-0.15, -0.1) is 0 Å². The Labute approximate surface area is 97.0 Å². The number of carbonyl (C=O) groups is 1. The lowest BCUT2D eigenvalue weighted by atomic mass is 10.0. The Kier molecular flexibility index (Phi) is 3.82. The predicted molar refractivity (Wildman–Crippen MR) is 62.0 cm³/mol. The molecular weight excluding hydrogens is 204 g/mol. The number of hydrogen-bond donors (Lipinski definition) is 2. The van der Waals surface area contributed by atoms with Crippen molar-refractivity contribution in [2.75, 3.05) is 19.7 Å². The third-order valence-electron chi connectivity index (χ3n) is 3.96. The topological polar surface area (TPSA) is 52.6 Å². The van der Waals surface area contributed by atoms with Crippen molar-refractivity contribution < 1.29 is 9.90 Å². The average Bonchev–Trinajstić information content (AvgIpc) is 2.70. The van der Waals surface area contributed by atoms with E-state index in [9.17, 15) is 9.90 Å². The van der Waals surface area contributed by atoms with Crippen LogP contribution in [0.4, 0.5) is 0 Å². The van der Waals surface area contributed by atoms with Gasteiger partial charge in [-0.25, -0.2) is 0 Å². The lowest BCUT2D eigenvalue weighted by Gasteiger charge is -2.31. The van der Waals surface area contributed by atoms with Crippen LogP contribution in [0.2, 0.25) is 0 Å². The molecule has 0 aromatic carbocycles. The fourth-order valence-electron chi connectivity index (χ4n) is 2.82. The maximum Gasteiger partial charge on any atom is 0.240 e. The van der Waals surface area contributed by atoms with Crippen molar-refractivity contribution in [2.45, 2.75) is 44.7 Å². The van der Waals surface area contributed by atoms with Gasteiger partial charge in [-0.05, 0) is 31.7 Å². The van der Waals surface area contributed by atoms with Gasteiger partial charge < -0.3 is 15.3 Å². The van der Waals surface area contributed by atoms with Gasteiger partial charge in [0.05, 0.1) is 18.7 Å². The molecule has 0 aromatic rings. The number of aliphatic hydroxyl groups is 1. The van der Waals surface area contributed by atoms with Crippen molar-refractivity contribution in [2.24, 2.45) is 5.92 Å². The molecule has 2 aliphatic heterocycles. The van der Waals surface area contributed by atoms with Gasteiger partial charge >= 0.3 is 0 Å². The monoisotopic (exact) mass is 226 g/mol. The highest BCUT2D eigenvalue weighted by molar-refractivity contribution is 5.82. The van der Waals surface area contributed by atoms with Crippen molar-refractivity contribution in [1.29, 1.82) is 0 Å². The smallest absolute Gasteiger partial charge is 0.240 e. The van der Waals surface area contributed by atoms with Crippen LogP contribution in [0.3, 0.4) is 0 Å². The number of likely N-dealkylation sites (tertiary alicyclic amines) is 1. The normalized spacial score (nSPS) is 35.4. The van der Waals surface area contributed by atoms with E-state index in [1.807, 2.05) is 4.90 Å². The fraction of sp³-hybridized carbons (Fsp3) is 0.917. The predicted octanol–water partition coefficient (Wildman–Crippen LogP) is 0.358. The van der Waals surface area contributed by atoms with Crippen LogP contribution in [0.25, 0.3) is 0 Å². The quantitative estimate of drug-likeness (QED) is 0.715. The second-order valence-corrected chi connectivity index (χ2v) is 5.05. The summed E-state index contributed by atoms with van der Waals surface area (Å²) in [7, 11) is 0. The van der Waals surface area contributed by atoms with Crippen molar-refractivity contribution in [3.63, 3.8) is 0 Å². The molecule has 2 unspecified atom stereocenters. The summed E-state index contributed by atoms with van der Waals surface area (Å²) < 4.78 is 0. The van der Waals surface area contributed by atoms with Crippen LogP contribution in [-0.4, -0.2) is 47.7 Å². The highest BCUT2D eigenvalue weighted by atomic mass is 16.3. The van der Waals surface area contributed by atoms with Gasteiger partial charge in [-0.2, -0.15) is 0 Å². The molecule has 2 aliphatic rings. The Hall–Kier alpha value is -0.610. The minimum absolute atomic E-state index is 0.00639. The Morgan fingerprint density at radius 3 is 2.88 bits per heavy atom. The van der Waals surface area contributed by atoms with E-state index in [2.05, 4.69) is 12.2 Å². The molecule has 0 saturated carbocycles. The second-order valence-electron chi connectivity index (χ2n) is 5.05. The molecule has 1 amide bonds. The first kappa shape index (κ1) is 11.9. The molecule has 4 nitrogen and oxygen atoms in total. The molecule has 92 valence electrons. The summed E-state index contributed by atoms with van der Waals surface area (Å²) in [5.41, 5.74) is 0. The van der Waals surface area contributed by atoms with Crippen LogP contribution in [0.15, 0.2) is 0 Å². The number of aliphatic hydroxyl groups excluding tert-OH is 1. The molecule has 3 atom stereocenters. The molecule has 2 rings (SSSR count). The molecule has 0 aliphatic carbocycles. The number of rotatable bonds is 2. The molecule has 2 saturated heterocycles. The van der Waals surface area contributed by atoms with Crippen molar-refractivity contribution in [1.82, 2.24) is 10.2 Å². The maximum absolute atomic E-state index is 12.3. The average molecular weight is 226 g/mol. The van der Waals surface area contributed by atoms with Crippen LogP contribution >= 0.6 is 0 Å². The van der Waals surface area contributed by atoms with E-state index < -0.39 is 0 Å². The SMILES string of the molecule is CC1CCN(C(=O)[C@H]2CCCCN2)C1CO. The first-order valence-corrected chi connectivity index (χ1v) is 6.38. The summed E-state index contributed by atoms with van der Waals surface area (Å²) in [5, 5.41) is 12.6. The summed E-state index contributed by atoms with van der Waals surface area (Å²) in [5.74, 6) is 0.626. The summed E-state index contributed by atoms with van der Waals surface area (Å²) in [4.78, 5) is 14.2. The third kappa shape index (κ3) is 2.23. The lowest BCUT2D eigenvalue weighted by molar-refractivity contribution is -0.136. The Morgan fingerprint density at radius 1 is 1.44 bits per heavy atom. The molecule has 0 radical (unpaired) electrons. The minimum atomic E-state index is -0.00639. The highest BCUT2D eigenvalue weighted by Crippen LogP contribution is 2.25. The molecular formula is C12H22N2O2. The van der Waals surface area contributed by atoms with E-state index >= 15 is 0 Å². The van der Waals surface area contributed by atoms with Crippen LogP contribution in [0.1, 0.15) is 32.6 Å². The number of hydrogen-bond acceptors (Lipinski definition) is 3. The van der Waals surface area contributed by atoms with Gasteiger partial charge in [0.1, 0.15) is 0 Å². The second kappa shape index (κ2) is 5.15. The van der Waals surface area contributed by atoms with Gasteiger partial charge in [0.15, 0.2) is 0 Å². The molecule has 0 aromatic heterocycles. The largest absolute Gasteiger partial charge is 0.394 e. The van der Waals surface area contributed by atoms with Crippen molar-refractivity contribution >= 4 is 5.91 Å². The number of nitrogens with zero attached hydrogens (tertiary/aromatic N) is 1. The first-order chi connectivity index (χ1) is 7.74. The van der Waals surface area contributed by atoms with Crippen LogP contribution in [0.5, 0.6) is 0 Å². The van der Waals surface area contributed by atoms with Crippen LogP contribution in [-0.2, 0) is 4.79 Å². The number of amides is 1. The van der Waals surface area contributed by atoms with E-state index in [0.717, 1.165) is 32.4 Å². The van der Waals surface area contributed by atoms with Crippen LogP contribution in [0, 0.1) is 5.92 Å². The fourth-order valence-corrected chi connectivity index (χ4v) is 2.82. The van der Waals surface area contributed by atoms with E-state index in [4.69, 9.17) is 0 Å². The Bertz CT molecular complexity index is 251. The van der Waals surface area contributed by atoms with Gasteiger partial charge in [0.25, 0.3) is 0 Å². The Morgan fingerprint density at radius 2 is 2.25 bits per heavy atom. The summed E-state index contributed by atoms with van der Waals surface area (Å²) in [6.07, 6.45) is 4.27. The van der Waals surface area contributed by atoms with Gasteiger partial charge in [-0.1, -0.05) is 13.3 Å². The van der Waals surface area contributed by atoms with E-state index in [0.29, 0.717) is 5.92 Å². The zero-order valence-corrected chi connectivity index (χ0v) is 9.98.